The molecule has 1 aliphatic heterocycles. The molecule has 0 atom stereocenters. The topological polar surface area (TPSA) is 30.8 Å². The molecule has 0 aliphatic carbocycles. The number of hydrogen-bond acceptors (Lipinski definition) is 3. The van der Waals surface area contributed by atoms with Gasteiger partial charge in [-0.25, -0.2) is 0 Å². The average molecular weight is 305 g/mol. The van der Waals surface area contributed by atoms with Gasteiger partial charge in [-0.3, -0.25) is 4.99 Å². The van der Waals surface area contributed by atoms with E-state index in [2.05, 4.69) is 37.6 Å². The molecular weight excluding hydrogens is 286 g/mol. The van der Waals surface area contributed by atoms with Crippen molar-refractivity contribution in [2.45, 2.75) is 26.3 Å². The number of benzene rings is 2. The molecule has 3 rings (SSSR count). The highest BCUT2D eigenvalue weighted by Gasteiger charge is 2.16. The van der Waals surface area contributed by atoms with E-state index in [1.165, 1.54) is 0 Å². The molecule has 0 aromatic heterocycles. The van der Waals surface area contributed by atoms with E-state index in [9.17, 15) is 0 Å². The molecule has 1 aliphatic rings. The maximum atomic E-state index is 5.46. The number of aliphatic imine (C=N–C) groups is 1. The Morgan fingerprint density at radius 1 is 1.00 bits per heavy atom. The lowest BCUT2D eigenvalue weighted by Gasteiger charge is -2.11. The van der Waals surface area contributed by atoms with E-state index in [1.807, 2.05) is 48.7 Å². The van der Waals surface area contributed by atoms with Gasteiger partial charge in [-0.2, -0.15) is 0 Å². The maximum Gasteiger partial charge on any atom is 0.231 e. The molecule has 0 saturated carbocycles. The van der Waals surface area contributed by atoms with Crippen molar-refractivity contribution >= 4 is 6.21 Å². The quantitative estimate of drug-likeness (QED) is 0.588. The van der Waals surface area contributed by atoms with Gasteiger partial charge in [-0.15, -0.1) is 0 Å². The molecule has 2 aromatic carbocycles. The van der Waals surface area contributed by atoms with Gasteiger partial charge in [0.2, 0.25) is 6.79 Å². The minimum Gasteiger partial charge on any atom is -0.454 e. The van der Waals surface area contributed by atoms with E-state index in [0.29, 0.717) is 0 Å². The monoisotopic (exact) mass is 305 g/mol. The van der Waals surface area contributed by atoms with Crippen molar-refractivity contribution in [2.24, 2.45) is 4.99 Å². The minimum absolute atomic E-state index is 0.138. The highest BCUT2D eigenvalue weighted by Crippen LogP contribution is 2.34. The van der Waals surface area contributed by atoms with Gasteiger partial charge < -0.3 is 9.47 Å². The molecule has 0 saturated heterocycles. The molecule has 3 heteroatoms. The van der Waals surface area contributed by atoms with Crippen LogP contribution in [0.5, 0.6) is 11.5 Å². The minimum atomic E-state index is -0.138. The van der Waals surface area contributed by atoms with Crippen LogP contribution in [0.25, 0.3) is 0 Å². The first kappa shape index (κ1) is 15.2. The molecule has 23 heavy (non-hydrogen) atoms. The zero-order valence-electron chi connectivity index (χ0n) is 13.6. The van der Waals surface area contributed by atoms with Gasteiger partial charge in [0.1, 0.15) is 0 Å². The zero-order valence-corrected chi connectivity index (χ0v) is 13.6. The van der Waals surface area contributed by atoms with Crippen molar-refractivity contribution in [1.29, 1.82) is 0 Å². The van der Waals surface area contributed by atoms with Gasteiger partial charge in [-0.05, 0) is 39.0 Å². The predicted molar refractivity (Wildman–Crippen MR) is 92.3 cm³/mol. The molecule has 0 spiro atoms. The molecule has 0 unspecified atom stereocenters. The summed E-state index contributed by atoms with van der Waals surface area (Å²) in [5.41, 5.74) is 2.66. The molecule has 0 N–H and O–H groups in total. The lowest BCUT2D eigenvalue weighted by Crippen LogP contribution is -2.09. The SMILES string of the molecule is CC(C)(C)N=Cc1cc2c(cc1C#Cc1ccccc1)OCO2. The van der Waals surface area contributed by atoms with E-state index in [1.54, 1.807) is 0 Å². The third kappa shape index (κ3) is 3.92. The van der Waals surface area contributed by atoms with Crippen LogP contribution in [-0.2, 0) is 0 Å². The summed E-state index contributed by atoms with van der Waals surface area (Å²) in [6.45, 7) is 6.43. The second kappa shape index (κ2) is 6.18. The van der Waals surface area contributed by atoms with Crippen molar-refractivity contribution in [1.82, 2.24) is 0 Å². The summed E-state index contributed by atoms with van der Waals surface area (Å²) in [6.07, 6.45) is 1.86. The maximum absolute atomic E-state index is 5.46. The average Bonchev–Trinajstić information content (AvgIpc) is 2.98. The highest BCUT2D eigenvalue weighted by molar-refractivity contribution is 5.85. The molecule has 0 fully saturated rings. The molecule has 0 amide bonds. The van der Waals surface area contributed by atoms with E-state index >= 15 is 0 Å². The highest BCUT2D eigenvalue weighted by atomic mass is 16.7. The normalized spacial score (nSPS) is 13.0. The Labute approximate surface area is 137 Å². The summed E-state index contributed by atoms with van der Waals surface area (Å²) in [5.74, 6) is 7.87. The summed E-state index contributed by atoms with van der Waals surface area (Å²) >= 11 is 0. The number of nitrogens with zero attached hydrogens (tertiary/aromatic N) is 1. The molecule has 1 heterocycles. The molecule has 0 radical (unpaired) electrons. The van der Waals surface area contributed by atoms with Crippen LogP contribution in [-0.4, -0.2) is 18.5 Å². The fraction of sp³-hybridized carbons (Fsp3) is 0.250. The molecular formula is C20H19NO2. The lowest BCUT2D eigenvalue weighted by molar-refractivity contribution is 0.174. The fourth-order valence-corrected chi connectivity index (χ4v) is 2.10. The summed E-state index contributed by atoms with van der Waals surface area (Å²) in [4.78, 5) is 4.58. The summed E-state index contributed by atoms with van der Waals surface area (Å²) in [7, 11) is 0. The van der Waals surface area contributed by atoms with Crippen LogP contribution < -0.4 is 9.47 Å². The first-order valence-electron chi connectivity index (χ1n) is 7.57. The largest absolute Gasteiger partial charge is 0.454 e. The molecule has 0 bridgehead atoms. The zero-order chi connectivity index (χ0) is 16.3. The van der Waals surface area contributed by atoms with Gasteiger partial charge in [0.15, 0.2) is 11.5 Å². The Morgan fingerprint density at radius 3 is 2.39 bits per heavy atom. The first-order valence-corrected chi connectivity index (χ1v) is 7.57. The molecule has 2 aromatic rings. The second-order valence-corrected chi connectivity index (χ2v) is 6.34. The Morgan fingerprint density at radius 2 is 1.70 bits per heavy atom. The van der Waals surface area contributed by atoms with Crippen molar-refractivity contribution in [3.05, 3.63) is 59.2 Å². The van der Waals surface area contributed by atoms with Crippen LogP contribution in [0.1, 0.15) is 37.5 Å². The number of rotatable bonds is 1. The Bertz CT molecular complexity index is 790. The summed E-state index contributed by atoms with van der Waals surface area (Å²) in [6, 6.07) is 13.8. The second-order valence-electron chi connectivity index (χ2n) is 6.34. The van der Waals surface area contributed by atoms with Crippen LogP contribution in [0.3, 0.4) is 0 Å². The number of fused-ring (bicyclic) bond motifs is 1. The van der Waals surface area contributed by atoms with E-state index in [4.69, 9.17) is 9.47 Å². The van der Waals surface area contributed by atoms with E-state index in [-0.39, 0.29) is 12.3 Å². The molecule has 116 valence electrons. The van der Waals surface area contributed by atoms with Crippen molar-refractivity contribution in [2.75, 3.05) is 6.79 Å². The van der Waals surface area contributed by atoms with Crippen LogP contribution >= 0.6 is 0 Å². The number of hydrogen-bond donors (Lipinski definition) is 0. The van der Waals surface area contributed by atoms with Gasteiger partial charge in [0.25, 0.3) is 0 Å². The van der Waals surface area contributed by atoms with Gasteiger partial charge in [-0.1, -0.05) is 30.0 Å². The predicted octanol–water partition coefficient (Wildman–Crippen LogP) is 4.03. The van der Waals surface area contributed by atoms with Gasteiger partial charge in [0.05, 0.1) is 5.54 Å². The van der Waals surface area contributed by atoms with Crippen LogP contribution in [0.2, 0.25) is 0 Å². The third-order valence-corrected chi connectivity index (χ3v) is 3.25. The van der Waals surface area contributed by atoms with E-state index < -0.39 is 0 Å². The van der Waals surface area contributed by atoms with Crippen LogP contribution in [0.15, 0.2) is 47.5 Å². The smallest absolute Gasteiger partial charge is 0.231 e. The Kier molecular flexibility index (Phi) is 4.08. The van der Waals surface area contributed by atoms with Crippen molar-refractivity contribution < 1.29 is 9.47 Å². The summed E-state index contributed by atoms with van der Waals surface area (Å²) < 4.78 is 10.9. The standard InChI is InChI=1S/C20H19NO2/c1-20(2,3)21-13-17-12-19-18(22-14-23-19)11-16(17)10-9-15-7-5-4-6-8-15/h4-8,11-13H,14H2,1-3H3. The lowest BCUT2D eigenvalue weighted by atomic mass is 10.1. The van der Waals surface area contributed by atoms with E-state index in [0.717, 1.165) is 28.2 Å². The molecule has 3 nitrogen and oxygen atoms in total. The number of ether oxygens (including phenoxy) is 2. The Balaban J connectivity index is 2.01. The fourth-order valence-electron chi connectivity index (χ4n) is 2.10. The van der Waals surface area contributed by atoms with Crippen molar-refractivity contribution in [3.63, 3.8) is 0 Å². The summed E-state index contributed by atoms with van der Waals surface area (Å²) in [5, 5.41) is 0. The van der Waals surface area contributed by atoms with Gasteiger partial charge in [0, 0.05) is 29.0 Å². The first-order chi connectivity index (χ1) is 11.0. The van der Waals surface area contributed by atoms with Crippen LogP contribution in [0, 0.1) is 11.8 Å². The van der Waals surface area contributed by atoms with Gasteiger partial charge >= 0.3 is 0 Å². The van der Waals surface area contributed by atoms with Crippen molar-refractivity contribution in [3.8, 4) is 23.3 Å². The third-order valence-electron chi connectivity index (χ3n) is 3.25. The van der Waals surface area contributed by atoms with Crippen LogP contribution in [0.4, 0.5) is 0 Å². The Hall–Kier alpha value is -2.73.